The molecule has 6 heteroatoms. The van der Waals surface area contributed by atoms with Gasteiger partial charge in [0.15, 0.2) is 0 Å². The van der Waals surface area contributed by atoms with E-state index >= 15 is 0 Å². The van der Waals surface area contributed by atoms with Crippen molar-refractivity contribution in [3.05, 3.63) is 0 Å². The molecule has 0 aliphatic carbocycles. The van der Waals surface area contributed by atoms with Gasteiger partial charge in [0.25, 0.3) is 0 Å². The molecule has 0 fully saturated rings. The maximum absolute atomic E-state index is 10.1. The van der Waals surface area contributed by atoms with Crippen LogP contribution in [0, 0.1) is 0 Å². The second kappa shape index (κ2) is 8.30. The Morgan fingerprint density at radius 1 is 1.64 bits per heavy atom. The van der Waals surface area contributed by atoms with Crippen molar-refractivity contribution in [1.29, 1.82) is 0 Å². The molecule has 11 heavy (non-hydrogen) atoms. The Hall–Kier alpha value is 0.199. The third kappa shape index (κ3) is 8.10. The van der Waals surface area contributed by atoms with Crippen molar-refractivity contribution in [2.45, 2.75) is 16.7 Å². The van der Waals surface area contributed by atoms with E-state index in [1.165, 1.54) is 0 Å². The van der Waals surface area contributed by atoms with E-state index in [1.807, 2.05) is 0 Å². The van der Waals surface area contributed by atoms with Crippen LogP contribution in [0.25, 0.3) is 0 Å². The first kappa shape index (κ1) is 13.8. The van der Waals surface area contributed by atoms with Crippen molar-refractivity contribution < 1.29 is 9.90 Å². The molecular weight excluding hydrogens is 234 g/mol. The fraction of sp³-hybridized carbons (Fsp3) is 0.800. The molecule has 0 heterocycles. The number of carbonyl (C=O) groups is 1. The molecule has 0 aliphatic rings. The summed E-state index contributed by atoms with van der Waals surface area (Å²) in [5.41, 5.74) is 10.5. The minimum atomic E-state index is -0.918. The molecule has 0 radical (unpaired) electrons. The van der Waals surface area contributed by atoms with E-state index in [1.54, 1.807) is 0 Å². The monoisotopic (exact) mass is 248 g/mol. The Kier molecular flexibility index (Phi) is 10.4. The van der Waals surface area contributed by atoms with Gasteiger partial charge in [-0.25, -0.2) is 0 Å². The van der Waals surface area contributed by atoms with Crippen LogP contribution in [0.5, 0.6) is 0 Å². The molecule has 0 aliphatic heterocycles. The van der Waals surface area contributed by atoms with E-state index in [-0.39, 0.29) is 12.4 Å². The standard InChI is InChI=1S/C5H12N2O2Se.ClH/c6-1-2-10-3-4(7)5(8)9;/h4H,1-3,6-7H2,(H,8,9);1H/t4-;/m0./s1. The quantitative estimate of drug-likeness (QED) is 0.444. The summed E-state index contributed by atoms with van der Waals surface area (Å²) < 4.78 is 0. The first-order chi connectivity index (χ1) is 4.68. The van der Waals surface area contributed by atoms with Gasteiger partial charge in [-0.1, -0.05) is 0 Å². The first-order valence-corrected chi connectivity index (χ1v) is 5.37. The Balaban J connectivity index is 0. The van der Waals surface area contributed by atoms with E-state index < -0.39 is 12.0 Å². The van der Waals surface area contributed by atoms with Crippen LogP contribution >= 0.6 is 12.4 Å². The molecule has 1 atom stereocenters. The van der Waals surface area contributed by atoms with Gasteiger partial charge >= 0.3 is 65.5 Å². The fourth-order valence-electron chi connectivity index (χ4n) is 0.365. The molecule has 0 spiro atoms. The fourth-order valence-corrected chi connectivity index (χ4v) is 1.90. The number of rotatable bonds is 5. The molecule has 68 valence electrons. The predicted molar refractivity (Wildman–Crippen MR) is 47.3 cm³/mol. The zero-order chi connectivity index (χ0) is 7.98. The number of nitrogens with two attached hydrogens (primary N) is 2. The second-order valence-electron chi connectivity index (χ2n) is 1.81. The van der Waals surface area contributed by atoms with Crippen LogP contribution in [0.15, 0.2) is 0 Å². The average Bonchev–Trinajstić information content (AvgIpc) is 1.88. The van der Waals surface area contributed by atoms with Crippen LogP contribution in [-0.2, 0) is 4.79 Å². The van der Waals surface area contributed by atoms with Gasteiger partial charge in [-0.15, -0.1) is 12.4 Å². The number of carboxylic acid groups (broad SMARTS) is 1. The Morgan fingerprint density at radius 3 is 2.55 bits per heavy atom. The van der Waals surface area contributed by atoms with Crippen molar-refractivity contribution in [2.24, 2.45) is 11.5 Å². The van der Waals surface area contributed by atoms with E-state index in [0.717, 1.165) is 5.32 Å². The molecule has 5 N–H and O–H groups in total. The molecule has 0 aromatic heterocycles. The van der Waals surface area contributed by atoms with E-state index in [4.69, 9.17) is 16.6 Å². The zero-order valence-electron chi connectivity index (χ0n) is 6.03. The first-order valence-electron chi connectivity index (χ1n) is 2.94. The molecule has 0 amide bonds. The summed E-state index contributed by atoms with van der Waals surface area (Å²) in [7, 11) is 0. The van der Waals surface area contributed by atoms with Gasteiger partial charge in [0.05, 0.1) is 0 Å². The van der Waals surface area contributed by atoms with Gasteiger partial charge in [0, 0.05) is 0 Å². The van der Waals surface area contributed by atoms with Gasteiger partial charge in [-0.2, -0.15) is 0 Å². The van der Waals surface area contributed by atoms with E-state index in [2.05, 4.69) is 0 Å². The molecule has 0 saturated heterocycles. The molecule has 0 bridgehead atoms. The van der Waals surface area contributed by atoms with E-state index in [0.29, 0.717) is 26.8 Å². The van der Waals surface area contributed by atoms with Crippen molar-refractivity contribution in [1.82, 2.24) is 0 Å². The minimum absolute atomic E-state index is 0. The third-order valence-electron chi connectivity index (χ3n) is 0.877. The van der Waals surface area contributed by atoms with Crippen LogP contribution in [-0.4, -0.2) is 38.6 Å². The van der Waals surface area contributed by atoms with Gasteiger partial charge in [-0.3, -0.25) is 0 Å². The van der Waals surface area contributed by atoms with Crippen LogP contribution in [0.4, 0.5) is 0 Å². The number of aliphatic carboxylic acids is 1. The van der Waals surface area contributed by atoms with Crippen molar-refractivity contribution in [2.75, 3.05) is 6.54 Å². The zero-order valence-corrected chi connectivity index (χ0v) is 8.55. The topological polar surface area (TPSA) is 89.3 Å². The molecule has 4 nitrogen and oxygen atoms in total. The molecule has 0 aromatic rings. The van der Waals surface area contributed by atoms with Crippen LogP contribution in [0.1, 0.15) is 0 Å². The molecular formula is C5H13ClN2O2Se. The Labute approximate surface area is 78.3 Å². The van der Waals surface area contributed by atoms with Crippen LogP contribution in [0.3, 0.4) is 0 Å². The second-order valence-corrected chi connectivity index (χ2v) is 4.22. The molecule has 0 unspecified atom stereocenters. The number of hydrogen-bond donors (Lipinski definition) is 3. The molecule has 0 saturated carbocycles. The van der Waals surface area contributed by atoms with Crippen LogP contribution < -0.4 is 11.5 Å². The van der Waals surface area contributed by atoms with Crippen molar-refractivity contribution in [3.63, 3.8) is 0 Å². The molecule has 0 aromatic carbocycles. The Bertz CT molecular complexity index is 115. The number of halogens is 1. The summed E-state index contributed by atoms with van der Waals surface area (Å²) in [5.74, 6) is -0.918. The van der Waals surface area contributed by atoms with Gasteiger partial charge in [0.2, 0.25) is 0 Å². The predicted octanol–water partition coefficient (Wildman–Crippen LogP) is -0.680. The average molecular weight is 248 g/mol. The summed E-state index contributed by atoms with van der Waals surface area (Å²) >= 11 is 0.298. The SMILES string of the molecule is Cl.NCC[Se]C[C@H](N)C(=O)O. The van der Waals surface area contributed by atoms with Gasteiger partial charge < -0.3 is 0 Å². The summed E-state index contributed by atoms with van der Waals surface area (Å²) in [6, 6.07) is -0.688. The van der Waals surface area contributed by atoms with Crippen LogP contribution in [0.2, 0.25) is 10.6 Å². The maximum atomic E-state index is 10.1. The number of carboxylic acids is 1. The van der Waals surface area contributed by atoms with Gasteiger partial charge in [0.1, 0.15) is 0 Å². The Morgan fingerprint density at radius 2 is 2.18 bits per heavy atom. The van der Waals surface area contributed by atoms with Gasteiger partial charge in [-0.05, 0) is 0 Å². The summed E-state index contributed by atoms with van der Waals surface area (Å²) in [6.07, 6.45) is 0. The normalized spacial score (nSPS) is 11.8. The van der Waals surface area contributed by atoms with E-state index in [9.17, 15) is 4.79 Å². The summed E-state index contributed by atoms with van der Waals surface area (Å²) in [6.45, 7) is 0.631. The molecule has 0 rings (SSSR count). The van der Waals surface area contributed by atoms with Crippen molar-refractivity contribution >= 4 is 33.3 Å². The van der Waals surface area contributed by atoms with Crippen molar-refractivity contribution in [3.8, 4) is 0 Å². The third-order valence-corrected chi connectivity index (χ3v) is 3.22. The summed E-state index contributed by atoms with van der Waals surface area (Å²) in [5, 5.41) is 9.83. The summed E-state index contributed by atoms with van der Waals surface area (Å²) in [4.78, 5) is 10.1. The number of hydrogen-bond acceptors (Lipinski definition) is 3.